The number of ether oxygens (including phenoxy) is 1. The number of aryl methyl sites for hydroxylation is 1. The molecule has 1 aromatic carbocycles. The molecule has 0 bridgehead atoms. The number of para-hydroxylation sites is 1. The first-order valence-electron chi connectivity index (χ1n) is 10.4. The van der Waals surface area contributed by atoms with Crippen LogP contribution in [-0.2, 0) is 16.7 Å². The van der Waals surface area contributed by atoms with Gasteiger partial charge in [-0.25, -0.2) is 10.5 Å². The smallest absolute Gasteiger partial charge is 0.297 e. The van der Waals surface area contributed by atoms with Gasteiger partial charge in [-0.15, -0.1) is 10.2 Å². The maximum atomic E-state index is 12.6. The van der Waals surface area contributed by atoms with Gasteiger partial charge in [0.1, 0.15) is 6.33 Å². The van der Waals surface area contributed by atoms with Crippen molar-refractivity contribution < 1.29 is 19.2 Å². The standard InChI is InChI=1S/C21H24N8O4/c1-4-33-28-21(31)17-15(10-16(25-26-17)24-20(30)12-8-9-12)23-14-7-5-6-13(18(14)32-3)19-22-11-29(2)27-19/h5-7,10-12H,4,8-9H2,1-3H3,(H,28,31)(H2,23,24,25,30). The van der Waals surface area contributed by atoms with Gasteiger partial charge in [-0.2, -0.15) is 5.10 Å². The number of carbonyl (C=O) groups is 2. The molecule has 2 heterocycles. The minimum Gasteiger partial charge on any atom is -0.494 e. The van der Waals surface area contributed by atoms with E-state index in [1.54, 1.807) is 43.2 Å². The van der Waals surface area contributed by atoms with E-state index in [9.17, 15) is 9.59 Å². The third-order valence-electron chi connectivity index (χ3n) is 4.85. The average Bonchev–Trinajstić information content (AvgIpc) is 3.58. The minimum absolute atomic E-state index is 0.00761. The van der Waals surface area contributed by atoms with Gasteiger partial charge in [0.2, 0.25) is 5.91 Å². The highest BCUT2D eigenvalue weighted by atomic mass is 16.6. The number of carbonyl (C=O) groups excluding carboxylic acids is 2. The average molecular weight is 452 g/mol. The first-order chi connectivity index (χ1) is 16.0. The molecule has 33 heavy (non-hydrogen) atoms. The quantitative estimate of drug-likeness (QED) is 0.415. The summed E-state index contributed by atoms with van der Waals surface area (Å²) in [5.74, 6) is 0.462. The van der Waals surface area contributed by atoms with Crippen LogP contribution in [0, 0.1) is 5.92 Å². The van der Waals surface area contributed by atoms with Crippen LogP contribution in [0.1, 0.15) is 30.3 Å². The second-order valence-electron chi connectivity index (χ2n) is 7.37. The summed E-state index contributed by atoms with van der Waals surface area (Å²) in [6.07, 6.45) is 3.29. The van der Waals surface area contributed by atoms with E-state index in [-0.39, 0.29) is 29.9 Å². The van der Waals surface area contributed by atoms with Gasteiger partial charge in [0.15, 0.2) is 23.1 Å². The van der Waals surface area contributed by atoms with Crippen LogP contribution in [-0.4, -0.2) is 50.5 Å². The van der Waals surface area contributed by atoms with Crippen LogP contribution in [0.2, 0.25) is 0 Å². The summed E-state index contributed by atoms with van der Waals surface area (Å²) in [6.45, 7) is 2.02. The van der Waals surface area contributed by atoms with E-state index in [4.69, 9.17) is 9.57 Å². The van der Waals surface area contributed by atoms with E-state index in [0.717, 1.165) is 12.8 Å². The predicted molar refractivity (Wildman–Crippen MR) is 119 cm³/mol. The van der Waals surface area contributed by atoms with Crippen LogP contribution < -0.4 is 20.9 Å². The lowest BCUT2D eigenvalue weighted by atomic mass is 10.1. The van der Waals surface area contributed by atoms with Gasteiger partial charge < -0.3 is 15.4 Å². The molecule has 3 N–H and O–H groups in total. The molecular formula is C21H24N8O4. The highest BCUT2D eigenvalue weighted by Crippen LogP contribution is 2.37. The lowest BCUT2D eigenvalue weighted by molar-refractivity contribution is -0.117. The Morgan fingerprint density at radius 3 is 2.70 bits per heavy atom. The Morgan fingerprint density at radius 2 is 2.03 bits per heavy atom. The summed E-state index contributed by atoms with van der Waals surface area (Å²) >= 11 is 0. The number of methoxy groups -OCH3 is 1. The van der Waals surface area contributed by atoms with Crippen molar-refractivity contribution in [2.75, 3.05) is 24.4 Å². The molecule has 0 unspecified atom stereocenters. The Kier molecular flexibility index (Phi) is 6.45. The Bertz CT molecular complexity index is 1170. The summed E-state index contributed by atoms with van der Waals surface area (Å²) in [6, 6.07) is 6.95. The summed E-state index contributed by atoms with van der Waals surface area (Å²) in [4.78, 5) is 34.1. The van der Waals surface area contributed by atoms with Crippen molar-refractivity contribution in [3.8, 4) is 17.1 Å². The topological polar surface area (TPSA) is 145 Å². The molecule has 172 valence electrons. The molecule has 0 aliphatic heterocycles. The number of anilines is 3. The van der Waals surface area contributed by atoms with Gasteiger partial charge in [0, 0.05) is 19.0 Å². The van der Waals surface area contributed by atoms with E-state index in [2.05, 4.69) is 36.4 Å². The molecule has 0 spiro atoms. The lowest BCUT2D eigenvalue weighted by Gasteiger charge is -2.16. The maximum Gasteiger partial charge on any atom is 0.297 e. The van der Waals surface area contributed by atoms with Crippen LogP contribution in [0.5, 0.6) is 5.75 Å². The third-order valence-corrected chi connectivity index (χ3v) is 4.85. The van der Waals surface area contributed by atoms with Crippen molar-refractivity contribution in [3.05, 3.63) is 36.3 Å². The molecule has 1 saturated carbocycles. The molecule has 0 saturated heterocycles. The molecule has 12 heteroatoms. The highest BCUT2D eigenvalue weighted by Gasteiger charge is 2.30. The zero-order valence-electron chi connectivity index (χ0n) is 18.5. The SMILES string of the molecule is CCONC(=O)c1nnc(NC(=O)C2CC2)cc1Nc1cccc(-c2ncn(C)n2)c1OC. The molecular weight excluding hydrogens is 428 g/mol. The summed E-state index contributed by atoms with van der Waals surface area (Å²) < 4.78 is 7.22. The number of hydrogen-bond donors (Lipinski definition) is 3. The van der Waals surface area contributed by atoms with Gasteiger partial charge in [-0.05, 0) is 31.9 Å². The number of aromatic nitrogens is 5. The second-order valence-corrected chi connectivity index (χ2v) is 7.37. The molecule has 12 nitrogen and oxygen atoms in total. The molecule has 3 aromatic rings. The van der Waals surface area contributed by atoms with Gasteiger partial charge in [0.25, 0.3) is 5.91 Å². The summed E-state index contributed by atoms with van der Waals surface area (Å²) in [5, 5.41) is 18.2. The first kappa shape index (κ1) is 22.1. The van der Waals surface area contributed by atoms with Gasteiger partial charge >= 0.3 is 0 Å². The highest BCUT2D eigenvalue weighted by molar-refractivity contribution is 5.99. The number of nitrogens with zero attached hydrogens (tertiary/aromatic N) is 5. The lowest BCUT2D eigenvalue weighted by Crippen LogP contribution is -2.26. The van der Waals surface area contributed by atoms with E-state index >= 15 is 0 Å². The van der Waals surface area contributed by atoms with Gasteiger partial charge in [-0.3, -0.25) is 19.1 Å². The van der Waals surface area contributed by atoms with Gasteiger partial charge in [0.05, 0.1) is 30.7 Å². The number of rotatable bonds is 9. The van der Waals surface area contributed by atoms with Crippen molar-refractivity contribution in [1.29, 1.82) is 0 Å². The second kappa shape index (κ2) is 9.61. The summed E-state index contributed by atoms with van der Waals surface area (Å²) in [5.41, 5.74) is 3.80. The van der Waals surface area contributed by atoms with Crippen LogP contribution in [0.25, 0.3) is 11.4 Å². The first-order valence-corrected chi connectivity index (χ1v) is 10.4. The molecule has 1 aliphatic rings. The number of hydroxylamine groups is 1. The Hall–Kier alpha value is -4.06. The third kappa shape index (κ3) is 5.06. The molecule has 2 amide bonds. The Morgan fingerprint density at radius 1 is 1.21 bits per heavy atom. The van der Waals surface area contributed by atoms with Gasteiger partial charge in [-0.1, -0.05) is 6.07 Å². The van der Waals surface area contributed by atoms with Crippen molar-refractivity contribution in [2.24, 2.45) is 13.0 Å². The zero-order chi connectivity index (χ0) is 23.4. The van der Waals surface area contributed by atoms with E-state index in [0.29, 0.717) is 28.5 Å². The normalized spacial score (nSPS) is 12.8. The molecule has 0 radical (unpaired) electrons. The zero-order valence-corrected chi connectivity index (χ0v) is 18.5. The molecule has 0 atom stereocenters. The van der Waals surface area contributed by atoms with Crippen LogP contribution >= 0.6 is 0 Å². The number of amides is 2. The van der Waals surface area contributed by atoms with Crippen LogP contribution in [0.15, 0.2) is 30.6 Å². The fourth-order valence-electron chi connectivity index (χ4n) is 3.11. The fraction of sp³-hybridized carbons (Fsp3) is 0.333. The van der Waals surface area contributed by atoms with E-state index in [1.165, 1.54) is 7.11 Å². The fourth-order valence-corrected chi connectivity index (χ4v) is 3.11. The van der Waals surface area contributed by atoms with Crippen molar-refractivity contribution in [1.82, 2.24) is 30.4 Å². The number of hydrogen-bond acceptors (Lipinski definition) is 9. The predicted octanol–water partition coefficient (Wildman–Crippen LogP) is 2.05. The monoisotopic (exact) mass is 452 g/mol. The molecule has 4 rings (SSSR count). The number of benzene rings is 1. The van der Waals surface area contributed by atoms with Crippen molar-refractivity contribution in [3.63, 3.8) is 0 Å². The Balaban J connectivity index is 1.70. The van der Waals surface area contributed by atoms with Crippen molar-refractivity contribution in [2.45, 2.75) is 19.8 Å². The molecule has 1 aliphatic carbocycles. The number of nitrogens with one attached hydrogen (secondary N) is 3. The van der Waals surface area contributed by atoms with Crippen LogP contribution in [0.4, 0.5) is 17.2 Å². The van der Waals surface area contributed by atoms with Crippen molar-refractivity contribution >= 4 is 29.0 Å². The van der Waals surface area contributed by atoms with Crippen LogP contribution in [0.3, 0.4) is 0 Å². The summed E-state index contributed by atoms with van der Waals surface area (Å²) in [7, 11) is 3.30. The molecule has 1 fully saturated rings. The minimum atomic E-state index is -0.589. The largest absolute Gasteiger partial charge is 0.494 e. The maximum absolute atomic E-state index is 12.6. The molecule has 2 aromatic heterocycles. The van der Waals surface area contributed by atoms with E-state index in [1.807, 2.05) is 6.07 Å². The van der Waals surface area contributed by atoms with E-state index < -0.39 is 5.91 Å². The Labute approximate surface area is 189 Å².